The van der Waals surface area contributed by atoms with E-state index in [9.17, 15) is 0 Å². The van der Waals surface area contributed by atoms with Crippen LogP contribution >= 0.6 is 23.5 Å². The van der Waals surface area contributed by atoms with Gasteiger partial charge in [-0.3, -0.25) is 0 Å². The first-order valence-corrected chi connectivity index (χ1v) is 21.5. The fraction of sp³-hybridized carbons (Fsp3) is 0.306. The molecule has 0 saturated heterocycles. The Hall–Kier alpha value is -3.92. The summed E-state index contributed by atoms with van der Waals surface area (Å²) in [4.78, 5) is 4.96. The lowest BCUT2D eigenvalue weighted by atomic mass is 9.54. The van der Waals surface area contributed by atoms with Gasteiger partial charge in [-0.15, -0.1) is 11.8 Å². The van der Waals surface area contributed by atoms with Gasteiger partial charge >= 0.3 is 0 Å². The van der Waals surface area contributed by atoms with E-state index in [1.165, 1.54) is 58.6 Å². The average Bonchev–Trinajstić information content (AvgIpc) is 3.55. The Morgan fingerprint density at radius 2 is 1.58 bits per heavy atom. The van der Waals surface area contributed by atoms with E-state index < -0.39 is 0 Å². The smallest absolute Gasteiger partial charge is 0.0560 e. The van der Waals surface area contributed by atoms with Crippen LogP contribution in [-0.4, -0.2) is 9.82 Å². The fourth-order valence-corrected chi connectivity index (χ4v) is 14.0. The van der Waals surface area contributed by atoms with Crippen LogP contribution in [0.15, 0.2) is 165 Å². The number of nitrogens with zero attached hydrogens (tertiary/aromatic N) is 1. The highest BCUT2D eigenvalue weighted by Crippen LogP contribution is 2.69. The summed E-state index contributed by atoms with van der Waals surface area (Å²) in [6.07, 6.45) is 45.9. The minimum Gasteiger partial charge on any atom is -0.333 e. The number of para-hydroxylation sites is 1. The van der Waals surface area contributed by atoms with Crippen molar-refractivity contribution in [3.05, 3.63) is 170 Å². The number of hydrogen-bond acceptors (Lipinski definition) is 2. The second kappa shape index (κ2) is 12.6. The van der Waals surface area contributed by atoms with Gasteiger partial charge in [0.05, 0.1) is 17.0 Å². The highest BCUT2D eigenvalue weighted by molar-refractivity contribution is 8.06. The molecule has 0 N–H and O–H groups in total. The molecule has 3 heteroatoms. The first-order chi connectivity index (χ1) is 25.8. The maximum Gasteiger partial charge on any atom is 0.0560 e. The van der Waals surface area contributed by atoms with Crippen LogP contribution in [0, 0.1) is 17.3 Å². The van der Waals surface area contributed by atoms with E-state index in [-0.39, 0.29) is 5.41 Å². The van der Waals surface area contributed by atoms with Crippen molar-refractivity contribution in [2.75, 3.05) is 0 Å². The van der Waals surface area contributed by atoms with Crippen LogP contribution in [0.4, 0.5) is 0 Å². The van der Waals surface area contributed by atoms with Crippen LogP contribution in [0.1, 0.15) is 75.8 Å². The van der Waals surface area contributed by atoms with Gasteiger partial charge in [-0.2, -0.15) is 0 Å². The van der Waals surface area contributed by atoms with E-state index in [0.717, 1.165) is 38.5 Å². The maximum atomic E-state index is 2.72. The predicted molar refractivity (Wildman–Crippen MR) is 225 cm³/mol. The predicted octanol–water partition coefficient (Wildman–Crippen LogP) is 13.8. The Kier molecular flexibility index (Phi) is 7.65. The van der Waals surface area contributed by atoms with E-state index in [1.54, 1.807) is 37.0 Å². The molecular weight excluding hydrogens is 667 g/mol. The SMILES string of the molecule is C1=CCC(n2c3ccccc3c3ccc(C4=CC5=C(CC4)SC4CC=CCC4C54C5=C(CCC=C5)SC5=C4C=CCC5C4=CCCC=C4)cc32)C=C1. The molecule has 0 radical (unpaired) electrons. The molecular formula is C49H45NS2. The highest BCUT2D eigenvalue weighted by Gasteiger charge is 2.57. The van der Waals surface area contributed by atoms with Crippen LogP contribution in [-0.2, 0) is 0 Å². The zero-order chi connectivity index (χ0) is 34.2. The molecule has 258 valence electrons. The lowest BCUT2D eigenvalue weighted by Crippen LogP contribution is -2.47. The molecule has 1 aromatic heterocycles. The molecule has 0 bridgehead atoms. The number of benzene rings is 2. The van der Waals surface area contributed by atoms with Crippen molar-refractivity contribution in [3.63, 3.8) is 0 Å². The first kappa shape index (κ1) is 31.6. The topological polar surface area (TPSA) is 4.93 Å². The largest absolute Gasteiger partial charge is 0.333 e. The molecule has 1 spiro atoms. The van der Waals surface area contributed by atoms with Crippen LogP contribution in [0.25, 0.3) is 27.4 Å². The highest BCUT2D eigenvalue weighted by atomic mass is 32.2. The normalized spacial score (nSPS) is 30.5. The molecule has 2 aliphatic heterocycles. The Bertz CT molecular complexity index is 2390. The molecule has 0 amide bonds. The lowest BCUT2D eigenvalue weighted by Gasteiger charge is -2.56. The summed E-state index contributed by atoms with van der Waals surface area (Å²) >= 11 is 4.41. The third-order valence-electron chi connectivity index (χ3n) is 13.1. The fourth-order valence-electron chi connectivity index (χ4n) is 10.9. The molecule has 5 unspecified atom stereocenters. The van der Waals surface area contributed by atoms with E-state index >= 15 is 0 Å². The van der Waals surface area contributed by atoms with Crippen molar-refractivity contribution in [1.82, 2.24) is 4.57 Å². The Morgan fingerprint density at radius 1 is 0.673 bits per heavy atom. The van der Waals surface area contributed by atoms with Crippen molar-refractivity contribution in [1.29, 1.82) is 0 Å². The Morgan fingerprint density at radius 3 is 2.50 bits per heavy atom. The molecule has 1 nitrogen and oxygen atoms in total. The number of fused-ring (bicyclic) bond motifs is 8. The minimum atomic E-state index is -0.110. The molecule has 6 aliphatic carbocycles. The van der Waals surface area contributed by atoms with Crippen molar-refractivity contribution in [2.24, 2.45) is 17.3 Å². The molecule has 52 heavy (non-hydrogen) atoms. The Balaban J connectivity index is 1.12. The molecule has 11 rings (SSSR count). The first-order valence-electron chi connectivity index (χ1n) is 19.8. The maximum absolute atomic E-state index is 2.72. The van der Waals surface area contributed by atoms with E-state index in [4.69, 9.17) is 0 Å². The van der Waals surface area contributed by atoms with Crippen LogP contribution in [0.5, 0.6) is 0 Å². The molecule has 0 fully saturated rings. The summed E-state index contributed by atoms with van der Waals surface area (Å²) in [5, 5.41) is 3.34. The summed E-state index contributed by atoms with van der Waals surface area (Å²) in [6.45, 7) is 0. The van der Waals surface area contributed by atoms with Gasteiger partial charge in [0.25, 0.3) is 0 Å². The molecule has 5 atom stereocenters. The van der Waals surface area contributed by atoms with E-state index in [0.29, 0.717) is 23.1 Å². The van der Waals surface area contributed by atoms with Crippen molar-refractivity contribution in [2.45, 2.75) is 75.5 Å². The quantitative estimate of drug-likeness (QED) is 0.249. The zero-order valence-corrected chi connectivity index (χ0v) is 31.4. The van der Waals surface area contributed by atoms with Gasteiger partial charge in [-0.1, -0.05) is 127 Å². The van der Waals surface area contributed by atoms with Gasteiger partial charge in [0.15, 0.2) is 0 Å². The summed E-state index contributed by atoms with van der Waals surface area (Å²) in [5.41, 5.74) is 11.9. The van der Waals surface area contributed by atoms with Crippen LogP contribution in [0.2, 0.25) is 0 Å². The number of rotatable bonds is 3. The van der Waals surface area contributed by atoms with Gasteiger partial charge in [0, 0.05) is 32.4 Å². The zero-order valence-electron chi connectivity index (χ0n) is 29.8. The second-order valence-corrected chi connectivity index (χ2v) is 18.3. The number of aromatic nitrogens is 1. The van der Waals surface area contributed by atoms with Gasteiger partial charge in [0.2, 0.25) is 0 Å². The molecule has 8 aliphatic rings. The average molecular weight is 712 g/mol. The minimum absolute atomic E-state index is 0.110. The van der Waals surface area contributed by atoms with Gasteiger partial charge in [-0.25, -0.2) is 0 Å². The van der Waals surface area contributed by atoms with E-state index in [1.807, 2.05) is 0 Å². The van der Waals surface area contributed by atoms with Crippen molar-refractivity contribution >= 4 is 50.9 Å². The summed E-state index contributed by atoms with van der Waals surface area (Å²) in [5.74, 6) is 1.01. The number of thioether (sulfide) groups is 2. The standard InChI is InChI=1S/C49H45NS2/c1-3-14-32(15-4-1)36-19-13-22-41-48(36)52-46-25-12-9-21-40(46)49(41)39-20-8-11-24-45(39)51-47-29-27-33(30-42(47)49)34-26-28-38-37-18-7-10-23-43(37)50(44(38)31-34)35-16-5-2-6-17-35/h2-3,5-11,13-16,18,21-23,26,28,30-31,35-36,39,45H,1,4,12,17,19-20,24-25,27,29H2. The molecule has 3 aromatic rings. The third-order valence-corrected chi connectivity index (χ3v) is 16.1. The summed E-state index contributed by atoms with van der Waals surface area (Å²) in [7, 11) is 0. The third kappa shape index (κ3) is 4.70. The molecule has 3 heterocycles. The van der Waals surface area contributed by atoms with Crippen molar-refractivity contribution < 1.29 is 0 Å². The Labute approximate surface area is 316 Å². The number of hydrogen-bond donors (Lipinski definition) is 0. The van der Waals surface area contributed by atoms with Gasteiger partial charge < -0.3 is 4.57 Å². The van der Waals surface area contributed by atoms with E-state index in [2.05, 4.69) is 156 Å². The monoisotopic (exact) mass is 711 g/mol. The second-order valence-electron chi connectivity index (χ2n) is 15.8. The van der Waals surface area contributed by atoms with Gasteiger partial charge in [0.1, 0.15) is 0 Å². The van der Waals surface area contributed by atoms with Crippen molar-refractivity contribution in [3.8, 4) is 0 Å². The number of allylic oxidation sites excluding steroid dienone is 22. The molecule has 2 aromatic carbocycles. The van der Waals surface area contributed by atoms with Crippen LogP contribution in [0.3, 0.4) is 0 Å². The molecule has 0 saturated carbocycles. The summed E-state index contributed by atoms with van der Waals surface area (Å²) in [6, 6.07) is 16.8. The van der Waals surface area contributed by atoms with Gasteiger partial charge in [-0.05, 0) is 125 Å². The summed E-state index contributed by atoms with van der Waals surface area (Å²) < 4.78 is 2.61. The lowest BCUT2D eigenvalue weighted by molar-refractivity contribution is 0.298. The van der Waals surface area contributed by atoms with Crippen LogP contribution < -0.4 is 0 Å².